The first-order valence-corrected chi connectivity index (χ1v) is 9.04. The lowest BCUT2D eigenvalue weighted by Gasteiger charge is -2.31. The zero-order chi connectivity index (χ0) is 16.8. The standard InChI is InChI=1S/C19H25ClN4/c1-15-9-18(20)5-4-17(15)13-24(12-16-10-22-14-23-11-16)19-3-2-7-21-8-6-19/h4-5,9-11,14,19,21H,2-3,6-8,12-13H2,1H3/t19-/m0/s1. The summed E-state index contributed by atoms with van der Waals surface area (Å²) in [6.45, 7) is 6.17. The van der Waals surface area contributed by atoms with Gasteiger partial charge in [0, 0.05) is 42.1 Å². The molecular weight excluding hydrogens is 320 g/mol. The molecule has 1 saturated heterocycles. The van der Waals surface area contributed by atoms with Crippen LogP contribution in [0.15, 0.2) is 36.9 Å². The van der Waals surface area contributed by atoms with Crippen molar-refractivity contribution in [3.05, 3.63) is 58.6 Å². The van der Waals surface area contributed by atoms with E-state index in [1.165, 1.54) is 36.0 Å². The average molecular weight is 345 g/mol. The molecule has 4 nitrogen and oxygen atoms in total. The van der Waals surface area contributed by atoms with Crippen LogP contribution in [0, 0.1) is 6.92 Å². The smallest absolute Gasteiger partial charge is 0.115 e. The van der Waals surface area contributed by atoms with Crippen molar-refractivity contribution in [2.45, 2.75) is 45.3 Å². The van der Waals surface area contributed by atoms with Gasteiger partial charge in [0.1, 0.15) is 6.33 Å². The first-order chi connectivity index (χ1) is 11.7. The number of nitrogens with zero attached hydrogens (tertiary/aromatic N) is 3. The van der Waals surface area contributed by atoms with Crippen LogP contribution in [-0.4, -0.2) is 34.0 Å². The SMILES string of the molecule is Cc1cc(Cl)ccc1CN(Cc1cncnc1)[C@H]1CCCNCC1. The fourth-order valence-corrected chi connectivity index (χ4v) is 3.61. The van der Waals surface area contributed by atoms with Crippen LogP contribution in [0.5, 0.6) is 0 Å². The Balaban J connectivity index is 1.80. The Kier molecular flexibility index (Phi) is 6.18. The molecule has 128 valence electrons. The van der Waals surface area contributed by atoms with Crippen LogP contribution in [-0.2, 0) is 13.1 Å². The van der Waals surface area contributed by atoms with Gasteiger partial charge < -0.3 is 5.32 Å². The average Bonchev–Trinajstić information content (AvgIpc) is 2.87. The zero-order valence-electron chi connectivity index (χ0n) is 14.2. The van der Waals surface area contributed by atoms with E-state index in [0.29, 0.717) is 6.04 Å². The molecule has 24 heavy (non-hydrogen) atoms. The zero-order valence-corrected chi connectivity index (χ0v) is 15.0. The third-order valence-electron chi connectivity index (χ3n) is 4.74. The fourth-order valence-electron chi connectivity index (χ4n) is 3.38. The minimum absolute atomic E-state index is 0.579. The second-order valence-electron chi connectivity index (χ2n) is 6.56. The Morgan fingerprint density at radius 2 is 2.00 bits per heavy atom. The molecule has 2 aromatic rings. The maximum absolute atomic E-state index is 6.12. The summed E-state index contributed by atoms with van der Waals surface area (Å²) in [5.41, 5.74) is 3.76. The van der Waals surface area contributed by atoms with Gasteiger partial charge in [-0.3, -0.25) is 4.90 Å². The van der Waals surface area contributed by atoms with E-state index in [-0.39, 0.29) is 0 Å². The van der Waals surface area contributed by atoms with Gasteiger partial charge in [-0.1, -0.05) is 17.7 Å². The van der Waals surface area contributed by atoms with E-state index in [2.05, 4.69) is 39.2 Å². The number of hydrogen-bond donors (Lipinski definition) is 1. The molecule has 1 aromatic carbocycles. The van der Waals surface area contributed by atoms with E-state index >= 15 is 0 Å². The molecule has 0 saturated carbocycles. The molecule has 2 heterocycles. The van der Waals surface area contributed by atoms with E-state index in [9.17, 15) is 0 Å². The summed E-state index contributed by atoms with van der Waals surface area (Å²) >= 11 is 6.12. The van der Waals surface area contributed by atoms with Crippen LogP contribution in [0.2, 0.25) is 5.02 Å². The molecule has 0 bridgehead atoms. The van der Waals surface area contributed by atoms with E-state index in [4.69, 9.17) is 11.6 Å². The predicted molar refractivity (Wildman–Crippen MR) is 98.0 cm³/mol. The Hall–Kier alpha value is -1.49. The van der Waals surface area contributed by atoms with E-state index in [1.54, 1.807) is 6.33 Å². The number of benzene rings is 1. The Morgan fingerprint density at radius 3 is 2.79 bits per heavy atom. The van der Waals surface area contributed by atoms with E-state index in [0.717, 1.165) is 31.2 Å². The van der Waals surface area contributed by atoms with Gasteiger partial charge in [-0.05, 0) is 62.5 Å². The van der Waals surface area contributed by atoms with Gasteiger partial charge in [0.25, 0.3) is 0 Å². The molecule has 1 aromatic heterocycles. The van der Waals surface area contributed by atoms with Gasteiger partial charge in [-0.25, -0.2) is 9.97 Å². The van der Waals surface area contributed by atoms with Crippen molar-refractivity contribution in [1.29, 1.82) is 0 Å². The van der Waals surface area contributed by atoms with Gasteiger partial charge in [0.15, 0.2) is 0 Å². The lowest BCUT2D eigenvalue weighted by molar-refractivity contribution is 0.163. The topological polar surface area (TPSA) is 41.1 Å². The van der Waals surface area contributed by atoms with Crippen molar-refractivity contribution in [2.75, 3.05) is 13.1 Å². The van der Waals surface area contributed by atoms with Gasteiger partial charge in [-0.15, -0.1) is 0 Å². The van der Waals surface area contributed by atoms with Crippen molar-refractivity contribution >= 4 is 11.6 Å². The molecular formula is C19H25ClN4. The van der Waals surface area contributed by atoms with Crippen LogP contribution in [0.3, 0.4) is 0 Å². The molecule has 0 unspecified atom stereocenters. The van der Waals surface area contributed by atoms with Crippen LogP contribution in [0.1, 0.15) is 36.0 Å². The van der Waals surface area contributed by atoms with Gasteiger partial charge >= 0.3 is 0 Å². The predicted octanol–water partition coefficient (Wildman–Crippen LogP) is 3.58. The second-order valence-corrected chi connectivity index (χ2v) is 6.99. The van der Waals surface area contributed by atoms with Gasteiger partial charge in [-0.2, -0.15) is 0 Å². The highest BCUT2D eigenvalue weighted by molar-refractivity contribution is 6.30. The Morgan fingerprint density at radius 1 is 1.17 bits per heavy atom. The molecule has 0 radical (unpaired) electrons. The minimum Gasteiger partial charge on any atom is -0.317 e. The lowest BCUT2D eigenvalue weighted by atomic mass is 10.0. The van der Waals surface area contributed by atoms with Crippen LogP contribution < -0.4 is 5.32 Å². The Labute approximate surface area is 149 Å². The number of hydrogen-bond acceptors (Lipinski definition) is 4. The van der Waals surface area contributed by atoms with Crippen molar-refractivity contribution in [1.82, 2.24) is 20.2 Å². The van der Waals surface area contributed by atoms with Gasteiger partial charge in [0.2, 0.25) is 0 Å². The molecule has 1 N–H and O–H groups in total. The second kappa shape index (κ2) is 8.56. The first kappa shape index (κ1) is 17.3. The summed E-state index contributed by atoms with van der Waals surface area (Å²) in [5.74, 6) is 0. The van der Waals surface area contributed by atoms with Crippen molar-refractivity contribution in [3.63, 3.8) is 0 Å². The maximum Gasteiger partial charge on any atom is 0.115 e. The highest BCUT2D eigenvalue weighted by Gasteiger charge is 2.21. The quantitative estimate of drug-likeness (QED) is 0.900. The van der Waals surface area contributed by atoms with Crippen LogP contribution in [0.4, 0.5) is 0 Å². The summed E-state index contributed by atoms with van der Waals surface area (Å²) < 4.78 is 0. The normalized spacial score (nSPS) is 18.5. The molecule has 1 fully saturated rings. The largest absolute Gasteiger partial charge is 0.317 e. The Bertz CT molecular complexity index is 639. The lowest BCUT2D eigenvalue weighted by Crippen LogP contribution is -2.35. The summed E-state index contributed by atoms with van der Waals surface area (Å²) in [5, 5.41) is 4.31. The molecule has 1 atom stereocenters. The van der Waals surface area contributed by atoms with E-state index < -0.39 is 0 Å². The van der Waals surface area contributed by atoms with E-state index in [1.807, 2.05) is 18.5 Å². The molecule has 1 aliphatic rings. The number of aromatic nitrogens is 2. The summed E-state index contributed by atoms with van der Waals surface area (Å²) in [6, 6.07) is 6.77. The molecule has 5 heteroatoms. The molecule has 0 amide bonds. The summed E-state index contributed by atoms with van der Waals surface area (Å²) in [6.07, 6.45) is 9.07. The fraction of sp³-hybridized carbons (Fsp3) is 0.474. The third kappa shape index (κ3) is 4.76. The van der Waals surface area contributed by atoms with Gasteiger partial charge in [0.05, 0.1) is 0 Å². The van der Waals surface area contributed by atoms with Crippen molar-refractivity contribution in [2.24, 2.45) is 0 Å². The molecule has 0 spiro atoms. The summed E-state index contributed by atoms with van der Waals surface area (Å²) in [4.78, 5) is 10.9. The number of rotatable bonds is 5. The number of halogens is 1. The third-order valence-corrected chi connectivity index (χ3v) is 4.97. The summed E-state index contributed by atoms with van der Waals surface area (Å²) in [7, 11) is 0. The monoisotopic (exact) mass is 344 g/mol. The highest BCUT2D eigenvalue weighted by atomic mass is 35.5. The van der Waals surface area contributed by atoms with Crippen molar-refractivity contribution in [3.8, 4) is 0 Å². The maximum atomic E-state index is 6.12. The number of nitrogens with one attached hydrogen (secondary N) is 1. The molecule has 1 aliphatic heterocycles. The van der Waals surface area contributed by atoms with Crippen LogP contribution >= 0.6 is 11.6 Å². The highest BCUT2D eigenvalue weighted by Crippen LogP contribution is 2.22. The van der Waals surface area contributed by atoms with Crippen molar-refractivity contribution < 1.29 is 0 Å². The molecule has 0 aliphatic carbocycles. The minimum atomic E-state index is 0.579. The number of aryl methyl sites for hydroxylation is 1. The molecule has 3 rings (SSSR count). The first-order valence-electron chi connectivity index (χ1n) is 8.66. The van der Waals surface area contributed by atoms with Crippen LogP contribution in [0.25, 0.3) is 0 Å².